The lowest BCUT2D eigenvalue weighted by Gasteiger charge is -2.49. The molecule has 4 rings (SSSR count). The van der Waals surface area contributed by atoms with Crippen molar-refractivity contribution in [2.24, 2.45) is 21.8 Å². The number of anilines is 1. The highest BCUT2D eigenvalue weighted by atomic mass is 35.5. The van der Waals surface area contributed by atoms with E-state index in [1.165, 1.54) is 13.5 Å². The number of methoxy groups -OCH3 is 1. The van der Waals surface area contributed by atoms with Gasteiger partial charge in [-0.1, -0.05) is 44.1 Å². The van der Waals surface area contributed by atoms with Gasteiger partial charge in [0.2, 0.25) is 5.04 Å². The van der Waals surface area contributed by atoms with Crippen LogP contribution in [0.4, 0.5) is 5.69 Å². The van der Waals surface area contributed by atoms with Gasteiger partial charge in [0.25, 0.3) is 0 Å². The molecule has 0 aromatic heterocycles. The first-order chi connectivity index (χ1) is 11.7. The van der Waals surface area contributed by atoms with Crippen molar-refractivity contribution in [3.8, 4) is 0 Å². The fourth-order valence-electron chi connectivity index (χ4n) is 5.10. The molecule has 0 unspecified atom stereocenters. The number of fused-ring (bicyclic) bond motifs is 3. The Morgan fingerprint density at radius 2 is 2.00 bits per heavy atom. The molecule has 2 fully saturated rings. The molecule has 1 aliphatic heterocycles. The molecule has 25 heavy (non-hydrogen) atoms. The molecule has 3 atom stereocenters. The fourth-order valence-corrected chi connectivity index (χ4v) is 6.94. The van der Waals surface area contributed by atoms with Crippen LogP contribution >= 0.6 is 23.4 Å². The zero-order valence-electron chi connectivity index (χ0n) is 15.0. The van der Waals surface area contributed by atoms with Gasteiger partial charge in [0, 0.05) is 10.4 Å². The van der Waals surface area contributed by atoms with E-state index < -0.39 is 0 Å². The van der Waals surface area contributed by atoms with Crippen LogP contribution in [-0.2, 0) is 9.53 Å². The van der Waals surface area contributed by atoms with Gasteiger partial charge in [-0.05, 0) is 54.9 Å². The second-order valence-electron chi connectivity index (χ2n) is 8.06. The number of rotatable bonds is 2. The molecule has 2 aliphatic carbocycles. The van der Waals surface area contributed by atoms with E-state index in [0.717, 1.165) is 18.5 Å². The van der Waals surface area contributed by atoms with Crippen molar-refractivity contribution in [3.05, 3.63) is 29.3 Å². The number of carbonyl (C=O) groups excluding carboxylic acids is 1. The molecule has 134 valence electrons. The number of halogens is 1. The number of nitrogens with zero attached hydrogens (tertiary/aromatic N) is 2. The van der Waals surface area contributed by atoms with E-state index in [0.29, 0.717) is 16.0 Å². The molecule has 2 saturated carbocycles. The Labute approximate surface area is 157 Å². The predicted octanol–water partition coefficient (Wildman–Crippen LogP) is 4.92. The fraction of sp³-hybridized carbons (Fsp3) is 0.579. The van der Waals surface area contributed by atoms with Crippen molar-refractivity contribution < 1.29 is 9.53 Å². The lowest BCUT2D eigenvalue weighted by atomic mass is 9.68. The molecule has 4 nitrogen and oxygen atoms in total. The molecule has 6 heteroatoms. The van der Waals surface area contributed by atoms with E-state index in [-0.39, 0.29) is 21.7 Å². The first kappa shape index (κ1) is 17.2. The molecule has 1 aromatic carbocycles. The average Bonchev–Trinajstić information content (AvgIpc) is 3.12. The van der Waals surface area contributed by atoms with E-state index in [4.69, 9.17) is 21.4 Å². The third-order valence-corrected chi connectivity index (χ3v) is 8.87. The van der Waals surface area contributed by atoms with Crippen LogP contribution in [0.15, 0.2) is 29.4 Å². The normalized spacial score (nSPS) is 35.3. The van der Waals surface area contributed by atoms with Gasteiger partial charge in [-0.3, -0.25) is 0 Å². The number of hydrazone groups is 1. The van der Waals surface area contributed by atoms with Gasteiger partial charge in [-0.25, -0.2) is 9.80 Å². The highest BCUT2D eigenvalue weighted by Crippen LogP contribution is 2.75. The van der Waals surface area contributed by atoms with E-state index in [1.54, 1.807) is 11.8 Å². The first-order valence-corrected chi connectivity index (χ1v) is 9.86. The Morgan fingerprint density at radius 3 is 2.52 bits per heavy atom. The highest BCUT2D eigenvalue weighted by Gasteiger charge is 2.73. The molecule has 0 amide bonds. The number of thioether (sulfide) groups is 1. The number of hydrogen-bond acceptors (Lipinski definition) is 5. The van der Waals surface area contributed by atoms with Crippen LogP contribution < -0.4 is 5.01 Å². The van der Waals surface area contributed by atoms with Gasteiger partial charge in [0.1, 0.15) is 4.87 Å². The molecular weight excluding hydrogens is 356 g/mol. The SMILES string of the molecule is COC(=O)C1=NN(c2ccc(Cl)cc2)[C@]2(C[C@H]3CC[C@]2(C)C3(C)C)S1. The molecule has 3 aliphatic rings. The summed E-state index contributed by atoms with van der Waals surface area (Å²) in [5.74, 6) is 0.275. The number of benzene rings is 1. The summed E-state index contributed by atoms with van der Waals surface area (Å²) in [4.78, 5) is 12.0. The van der Waals surface area contributed by atoms with Crippen molar-refractivity contribution in [3.63, 3.8) is 0 Å². The lowest BCUT2D eigenvalue weighted by Crippen LogP contribution is -2.53. The monoisotopic (exact) mass is 378 g/mol. The molecule has 0 radical (unpaired) electrons. The van der Waals surface area contributed by atoms with Gasteiger partial charge in [-0.2, -0.15) is 5.10 Å². The van der Waals surface area contributed by atoms with Gasteiger partial charge in [0.05, 0.1) is 12.8 Å². The van der Waals surface area contributed by atoms with E-state index in [9.17, 15) is 4.79 Å². The number of esters is 1. The summed E-state index contributed by atoms with van der Waals surface area (Å²) in [6.07, 6.45) is 3.41. The van der Waals surface area contributed by atoms with Crippen LogP contribution in [0.25, 0.3) is 0 Å². The summed E-state index contributed by atoms with van der Waals surface area (Å²) >= 11 is 7.67. The standard InChI is InChI=1S/C19H23ClN2O2S/c1-17(2)12-9-10-18(17,3)19(11-12)22(14-7-5-13(20)6-8-14)21-15(25-19)16(23)24-4/h5-8,12H,9-11H2,1-4H3/t12-,18-,19-/m1/s1. The highest BCUT2D eigenvalue weighted by molar-refractivity contribution is 8.17. The summed E-state index contributed by atoms with van der Waals surface area (Å²) in [6, 6.07) is 7.72. The quantitative estimate of drug-likeness (QED) is 0.685. The van der Waals surface area contributed by atoms with E-state index >= 15 is 0 Å². The Kier molecular flexibility index (Phi) is 3.72. The smallest absolute Gasteiger partial charge is 0.365 e. The van der Waals surface area contributed by atoms with E-state index in [2.05, 4.69) is 25.8 Å². The second-order valence-corrected chi connectivity index (χ2v) is 9.77. The van der Waals surface area contributed by atoms with Crippen molar-refractivity contribution in [1.82, 2.24) is 0 Å². The summed E-state index contributed by atoms with van der Waals surface area (Å²) in [5.41, 5.74) is 1.22. The van der Waals surface area contributed by atoms with Crippen LogP contribution in [0, 0.1) is 16.7 Å². The third-order valence-electron chi connectivity index (χ3n) is 7.05. The topological polar surface area (TPSA) is 41.9 Å². The summed E-state index contributed by atoms with van der Waals surface area (Å²) in [6.45, 7) is 7.11. The Morgan fingerprint density at radius 1 is 1.32 bits per heavy atom. The second kappa shape index (κ2) is 5.40. The van der Waals surface area contributed by atoms with E-state index in [1.807, 2.05) is 24.3 Å². The maximum absolute atomic E-state index is 12.2. The largest absolute Gasteiger partial charge is 0.464 e. The number of carbonyl (C=O) groups is 1. The Balaban J connectivity index is 1.84. The molecule has 1 aromatic rings. The first-order valence-electron chi connectivity index (χ1n) is 8.67. The van der Waals surface area contributed by atoms with Gasteiger partial charge in [-0.15, -0.1) is 0 Å². The maximum Gasteiger partial charge on any atom is 0.365 e. The molecule has 2 bridgehead atoms. The zero-order valence-corrected chi connectivity index (χ0v) is 16.6. The molecule has 1 spiro atoms. The zero-order chi connectivity index (χ0) is 18.0. The lowest BCUT2D eigenvalue weighted by molar-refractivity contribution is -0.132. The minimum absolute atomic E-state index is 0.0498. The molecule has 0 N–H and O–H groups in total. The van der Waals surface area contributed by atoms with Crippen molar-refractivity contribution in [1.29, 1.82) is 0 Å². The molecular formula is C19H23ClN2O2S. The van der Waals surface area contributed by atoms with Gasteiger partial charge >= 0.3 is 5.97 Å². The maximum atomic E-state index is 12.2. The van der Waals surface area contributed by atoms with Gasteiger partial charge < -0.3 is 4.74 Å². The average molecular weight is 379 g/mol. The van der Waals surface area contributed by atoms with Crippen molar-refractivity contribution >= 4 is 40.1 Å². The number of hydrogen-bond donors (Lipinski definition) is 0. The van der Waals surface area contributed by atoms with Crippen LogP contribution in [0.1, 0.15) is 40.0 Å². The molecule has 1 heterocycles. The van der Waals surface area contributed by atoms with Gasteiger partial charge in [0.15, 0.2) is 0 Å². The van der Waals surface area contributed by atoms with Crippen molar-refractivity contribution in [2.75, 3.05) is 12.1 Å². The summed E-state index contributed by atoms with van der Waals surface area (Å²) in [5, 5.41) is 7.93. The Bertz CT molecular complexity index is 763. The minimum Gasteiger partial charge on any atom is -0.464 e. The Hall–Kier alpha value is -1.20. The van der Waals surface area contributed by atoms with Crippen LogP contribution in [0.5, 0.6) is 0 Å². The minimum atomic E-state index is -0.356. The number of ether oxygens (including phenoxy) is 1. The predicted molar refractivity (Wildman–Crippen MR) is 103 cm³/mol. The summed E-state index contributed by atoms with van der Waals surface area (Å²) in [7, 11) is 1.41. The van der Waals surface area contributed by atoms with Crippen LogP contribution in [0.2, 0.25) is 5.02 Å². The van der Waals surface area contributed by atoms with Crippen LogP contribution in [0.3, 0.4) is 0 Å². The van der Waals surface area contributed by atoms with Crippen molar-refractivity contribution in [2.45, 2.75) is 44.9 Å². The third kappa shape index (κ3) is 2.08. The summed E-state index contributed by atoms with van der Waals surface area (Å²) < 4.78 is 4.97. The molecule has 0 saturated heterocycles. The van der Waals surface area contributed by atoms with Crippen LogP contribution in [-0.4, -0.2) is 23.0 Å².